The number of sulfonamides is 1. The minimum Gasteiger partial charge on any atom is -0.322 e. The van der Waals surface area contributed by atoms with E-state index in [0.29, 0.717) is 30.4 Å². The number of rotatable bonds is 4. The molecule has 8 heteroatoms. The molecule has 6 nitrogen and oxygen atoms in total. The number of aryl methyl sites for hydroxylation is 1. The Hall–Kier alpha value is -1.90. The fourth-order valence-corrected chi connectivity index (χ4v) is 5.54. The minimum absolute atomic E-state index is 0.201. The summed E-state index contributed by atoms with van der Waals surface area (Å²) in [5.74, 6) is 0. The smallest absolute Gasteiger partial charge is 0.321 e. The molecule has 1 N–H and O–H groups in total. The van der Waals surface area contributed by atoms with Gasteiger partial charge in [-0.05, 0) is 30.7 Å². The van der Waals surface area contributed by atoms with Gasteiger partial charge in [-0.25, -0.2) is 13.2 Å². The van der Waals surface area contributed by atoms with E-state index >= 15 is 0 Å². The molecule has 3 rings (SSSR count). The van der Waals surface area contributed by atoms with Crippen molar-refractivity contribution in [2.24, 2.45) is 0 Å². The van der Waals surface area contributed by atoms with Gasteiger partial charge in [0.05, 0.1) is 0 Å². The summed E-state index contributed by atoms with van der Waals surface area (Å²) in [6, 6.07) is 12.6. The van der Waals surface area contributed by atoms with Gasteiger partial charge in [-0.2, -0.15) is 4.31 Å². The summed E-state index contributed by atoms with van der Waals surface area (Å²) >= 11 is 1.32. The molecular formula is C17H21N3O3S2. The Labute approximate surface area is 152 Å². The van der Waals surface area contributed by atoms with Crippen LogP contribution in [0.2, 0.25) is 0 Å². The van der Waals surface area contributed by atoms with Crippen LogP contribution in [0.25, 0.3) is 0 Å². The van der Waals surface area contributed by atoms with Crippen molar-refractivity contribution in [1.82, 2.24) is 9.21 Å². The highest BCUT2D eigenvalue weighted by Gasteiger charge is 2.31. The van der Waals surface area contributed by atoms with E-state index in [1.54, 1.807) is 11.0 Å². The van der Waals surface area contributed by atoms with Gasteiger partial charge in [0.15, 0.2) is 0 Å². The number of nitrogens with zero attached hydrogens (tertiary/aromatic N) is 2. The fraction of sp³-hybridized carbons (Fsp3) is 0.353. The molecule has 1 saturated heterocycles. The van der Waals surface area contributed by atoms with Crippen molar-refractivity contribution in [3.05, 3.63) is 47.3 Å². The molecule has 1 aromatic carbocycles. The topological polar surface area (TPSA) is 69.7 Å². The third-order valence-corrected chi connectivity index (χ3v) is 7.73. The quantitative estimate of drug-likeness (QED) is 0.888. The van der Waals surface area contributed by atoms with Crippen molar-refractivity contribution < 1.29 is 13.2 Å². The number of hydrogen-bond donors (Lipinski definition) is 1. The van der Waals surface area contributed by atoms with Crippen LogP contribution in [0, 0.1) is 0 Å². The maximum atomic E-state index is 12.7. The van der Waals surface area contributed by atoms with E-state index in [4.69, 9.17) is 0 Å². The van der Waals surface area contributed by atoms with Gasteiger partial charge >= 0.3 is 6.03 Å². The Kier molecular flexibility index (Phi) is 5.41. The van der Waals surface area contributed by atoms with Crippen LogP contribution < -0.4 is 5.32 Å². The zero-order chi connectivity index (χ0) is 17.9. The average Bonchev–Trinajstić information content (AvgIpc) is 3.13. The summed E-state index contributed by atoms with van der Waals surface area (Å²) in [5.41, 5.74) is 0.730. The molecule has 0 saturated carbocycles. The number of hydrogen-bond acceptors (Lipinski definition) is 4. The first-order chi connectivity index (χ1) is 12.0. The largest absolute Gasteiger partial charge is 0.322 e. The molecule has 0 atom stereocenters. The van der Waals surface area contributed by atoms with Crippen LogP contribution in [-0.4, -0.2) is 49.8 Å². The lowest BCUT2D eigenvalue weighted by Gasteiger charge is -2.33. The summed E-state index contributed by atoms with van der Waals surface area (Å²) in [7, 11) is -3.47. The van der Waals surface area contributed by atoms with Gasteiger partial charge in [0, 0.05) is 36.7 Å². The Bertz CT molecular complexity index is 826. The van der Waals surface area contributed by atoms with Crippen LogP contribution in [0.5, 0.6) is 0 Å². The lowest BCUT2D eigenvalue weighted by molar-refractivity contribution is 0.184. The Balaban J connectivity index is 1.60. The fourth-order valence-electron chi connectivity index (χ4n) is 2.67. The normalized spacial score (nSPS) is 16.0. The van der Waals surface area contributed by atoms with E-state index in [2.05, 4.69) is 5.32 Å². The summed E-state index contributed by atoms with van der Waals surface area (Å²) in [4.78, 5) is 15.0. The second kappa shape index (κ2) is 7.55. The first kappa shape index (κ1) is 17.9. The maximum Gasteiger partial charge on any atom is 0.321 e. The molecule has 1 aliphatic heterocycles. The van der Waals surface area contributed by atoms with Crippen LogP contribution >= 0.6 is 11.3 Å². The molecule has 2 aromatic rings. The molecule has 0 aliphatic carbocycles. The van der Waals surface area contributed by atoms with Gasteiger partial charge < -0.3 is 10.2 Å². The SMILES string of the molecule is CCc1ccc(S(=O)(=O)N2CCN(C(=O)Nc3ccccc3)CC2)s1. The molecule has 134 valence electrons. The first-order valence-electron chi connectivity index (χ1n) is 8.20. The minimum atomic E-state index is -3.47. The summed E-state index contributed by atoms with van der Waals surface area (Å²) in [6.45, 7) is 3.38. The summed E-state index contributed by atoms with van der Waals surface area (Å²) in [6.07, 6.45) is 0.827. The molecule has 0 bridgehead atoms. The highest BCUT2D eigenvalue weighted by molar-refractivity contribution is 7.91. The van der Waals surface area contributed by atoms with Crippen molar-refractivity contribution in [2.45, 2.75) is 17.6 Å². The molecule has 0 unspecified atom stereocenters. The second-order valence-electron chi connectivity index (χ2n) is 5.76. The lowest BCUT2D eigenvalue weighted by Crippen LogP contribution is -2.51. The van der Waals surface area contributed by atoms with Crippen LogP contribution in [0.1, 0.15) is 11.8 Å². The first-order valence-corrected chi connectivity index (χ1v) is 10.5. The average molecular weight is 380 g/mol. The van der Waals surface area contributed by atoms with Gasteiger partial charge in [-0.15, -0.1) is 11.3 Å². The molecule has 0 spiro atoms. The van der Waals surface area contributed by atoms with Gasteiger partial charge in [-0.3, -0.25) is 0 Å². The number of urea groups is 1. The predicted molar refractivity (Wildman–Crippen MR) is 99.5 cm³/mol. The highest BCUT2D eigenvalue weighted by atomic mass is 32.2. The molecule has 2 amide bonds. The van der Waals surface area contributed by atoms with Crippen LogP contribution in [-0.2, 0) is 16.4 Å². The lowest BCUT2D eigenvalue weighted by atomic mass is 10.3. The van der Waals surface area contributed by atoms with Crippen molar-refractivity contribution in [1.29, 1.82) is 0 Å². The number of amides is 2. The molecule has 2 heterocycles. The van der Waals surface area contributed by atoms with E-state index in [0.717, 1.165) is 17.0 Å². The van der Waals surface area contributed by atoms with Crippen molar-refractivity contribution in [2.75, 3.05) is 31.5 Å². The third-order valence-electron chi connectivity index (χ3n) is 4.13. The summed E-state index contributed by atoms with van der Waals surface area (Å²) in [5, 5.41) is 2.83. The van der Waals surface area contributed by atoms with Crippen LogP contribution in [0.15, 0.2) is 46.7 Å². The number of carbonyl (C=O) groups excluding carboxylic acids is 1. The molecule has 1 fully saturated rings. The Morgan fingerprint density at radius 2 is 1.76 bits per heavy atom. The molecular weight excluding hydrogens is 358 g/mol. The number of carbonyl (C=O) groups is 1. The second-order valence-corrected chi connectivity index (χ2v) is 9.09. The van der Waals surface area contributed by atoms with Gasteiger partial charge in [0.2, 0.25) is 0 Å². The number of piperazine rings is 1. The zero-order valence-electron chi connectivity index (χ0n) is 14.0. The zero-order valence-corrected chi connectivity index (χ0v) is 15.6. The molecule has 1 aliphatic rings. The van der Waals surface area contributed by atoms with E-state index in [1.807, 2.05) is 43.3 Å². The van der Waals surface area contributed by atoms with E-state index in [1.165, 1.54) is 15.6 Å². The number of thiophene rings is 1. The highest BCUT2D eigenvalue weighted by Crippen LogP contribution is 2.26. The Morgan fingerprint density at radius 1 is 1.08 bits per heavy atom. The number of nitrogens with one attached hydrogen (secondary N) is 1. The Morgan fingerprint density at radius 3 is 2.36 bits per heavy atom. The van der Waals surface area contributed by atoms with Gasteiger partial charge in [0.1, 0.15) is 4.21 Å². The van der Waals surface area contributed by atoms with Crippen molar-refractivity contribution in [3.8, 4) is 0 Å². The third kappa shape index (κ3) is 4.02. The molecule has 25 heavy (non-hydrogen) atoms. The standard InChI is InChI=1S/C17H21N3O3S2/c1-2-15-8-9-16(24-15)25(22,23)20-12-10-19(11-13-20)17(21)18-14-6-4-3-5-7-14/h3-9H,2,10-13H2,1H3,(H,18,21). The van der Waals surface area contributed by atoms with Crippen molar-refractivity contribution >= 4 is 33.1 Å². The van der Waals surface area contributed by atoms with E-state index in [9.17, 15) is 13.2 Å². The van der Waals surface area contributed by atoms with Gasteiger partial charge in [0.25, 0.3) is 10.0 Å². The number of anilines is 1. The summed E-state index contributed by atoms with van der Waals surface area (Å²) < 4.78 is 27.2. The molecule has 0 radical (unpaired) electrons. The monoisotopic (exact) mass is 379 g/mol. The van der Waals surface area contributed by atoms with E-state index in [-0.39, 0.29) is 6.03 Å². The number of benzene rings is 1. The van der Waals surface area contributed by atoms with Crippen LogP contribution in [0.3, 0.4) is 0 Å². The molecule has 1 aromatic heterocycles. The van der Waals surface area contributed by atoms with Crippen molar-refractivity contribution in [3.63, 3.8) is 0 Å². The maximum absolute atomic E-state index is 12.7. The number of para-hydroxylation sites is 1. The predicted octanol–water partition coefficient (Wildman–Crippen LogP) is 2.85. The van der Waals surface area contributed by atoms with Crippen LogP contribution in [0.4, 0.5) is 10.5 Å². The van der Waals surface area contributed by atoms with Gasteiger partial charge in [-0.1, -0.05) is 25.1 Å². The van der Waals surface area contributed by atoms with E-state index < -0.39 is 10.0 Å².